The lowest BCUT2D eigenvalue weighted by Gasteiger charge is -2.13. The Morgan fingerprint density at radius 1 is 1.44 bits per heavy atom. The Hall–Kier alpha value is -2.29. The Kier molecular flexibility index (Phi) is 7.69. The maximum Gasteiger partial charge on any atom is 0.417 e. The summed E-state index contributed by atoms with van der Waals surface area (Å²) in [4.78, 5) is 26.3. The Morgan fingerprint density at radius 3 is 2.64 bits per heavy atom. The van der Waals surface area contributed by atoms with E-state index in [1.54, 1.807) is 19.1 Å². The molecule has 1 aromatic rings. The van der Waals surface area contributed by atoms with E-state index in [0.29, 0.717) is 6.20 Å². The van der Waals surface area contributed by atoms with Crippen molar-refractivity contribution in [2.75, 3.05) is 11.9 Å². The largest absolute Gasteiger partial charge is 0.480 e. The number of amides is 1. The van der Waals surface area contributed by atoms with Gasteiger partial charge in [0.2, 0.25) is 5.91 Å². The van der Waals surface area contributed by atoms with Gasteiger partial charge in [0.1, 0.15) is 11.9 Å². The first kappa shape index (κ1) is 20.8. The molecule has 1 unspecified atom stereocenters. The van der Waals surface area contributed by atoms with Crippen LogP contribution < -0.4 is 10.6 Å². The normalized spacial score (nSPS) is 12.8. The number of nitrogens with zero attached hydrogens (tertiary/aromatic N) is 1. The molecule has 6 nitrogen and oxygen atoms in total. The van der Waals surface area contributed by atoms with Crippen LogP contribution in [0.2, 0.25) is 5.02 Å². The zero-order valence-corrected chi connectivity index (χ0v) is 14.0. The molecule has 0 aliphatic rings. The van der Waals surface area contributed by atoms with Gasteiger partial charge in [0, 0.05) is 19.2 Å². The van der Waals surface area contributed by atoms with E-state index in [-0.39, 0.29) is 30.2 Å². The van der Waals surface area contributed by atoms with E-state index < -0.39 is 29.7 Å². The van der Waals surface area contributed by atoms with E-state index in [1.807, 2.05) is 0 Å². The van der Waals surface area contributed by atoms with Gasteiger partial charge in [-0.1, -0.05) is 23.8 Å². The van der Waals surface area contributed by atoms with Gasteiger partial charge >= 0.3 is 12.1 Å². The molecular formula is C15H17ClF3N3O3. The van der Waals surface area contributed by atoms with Crippen molar-refractivity contribution >= 4 is 29.3 Å². The number of halogens is 4. The van der Waals surface area contributed by atoms with E-state index in [9.17, 15) is 22.8 Å². The van der Waals surface area contributed by atoms with Crippen LogP contribution in [0.3, 0.4) is 0 Å². The molecule has 10 heteroatoms. The van der Waals surface area contributed by atoms with Crippen LogP contribution >= 0.6 is 11.6 Å². The first-order chi connectivity index (χ1) is 11.6. The van der Waals surface area contributed by atoms with Crippen LogP contribution in [-0.2, 0) is 15.8 Å². The SMILES string of the molecule is C/C=C/CC(NC(=O)CCNc1ncc(C(F)(F)F)cc1Cl)C(=O)O. The molecule has 1 amide bonds. The van der Waals surface area contributed by atoms with E-state index in [4.69, 9.17) is 16.7 Å². The number of pyridine rings is 1. The van der Waals surface area contributed by atoms with Crippen molar-refractivity contribution in [1.82, 2.24) is 10.3 Å². The number of rotatable bonds is 8. The zero-order valence-electron chi connectivity index (χ0n) is 13.2. The van der Waals surface area contributed by atoms with Gasteiger partial charge in [-0.2, -0.15) is 13.2 Å². The average Bonchev–Trinajstić information content (AvgIpc) is 2.51. The summed E-state index contributed by atoms with van der Waals surface area (Å²) in [6.45, 7) is 1.76. The summed E-state index contributed by atoms with van der Waals surface area (Å²) < 4.78 is 37.5. The summed E-state index contributed by atoms with van der Waals surface area (Å²) in [5.41, 5.74) is -0.978. The third kappa shape index (κ3) is 7.00. The number of carbonyl (C=O) groups is 2. The summed E-state index contributed by atoms with van der Waals surface area (Å²) in [5, 5.41) is 13.8. The highest BCUT2D eigenvalue weighted by molar-refractivity contribution is 6.32. The molecular weight excluding hydrogens is 363 g/mol. The number of anilines is 1. The number of carboxylic acid groups (broad SMARTS) is 1. The number of alkyl halides is 3. The summed E-state index contributed by atoms with van der Waals surface area (Å²) in [6.07, 6.45) is -0.583. The van der Waals surface area contributed by atoms with Gasteiger partial charge in [0.25, 0.3) is 0 Å². The van der Waals surface area contributed by atoms with E-state index in [1.165, 1.54) is 0 Å². The predicted molar refractivity (Wildman–Crippen MR) is 86.4 cm³/mol. The summed E-state index contributed by atoms with van der Waals surface area (Å²) in [5.74, 6) is -1.68. The molecule has 0 saturated carbocycles. The van der Waals surface area contributed by atoms with Crippen LogP contribution in [0.15, 0.2) is 24.4 Å². The highest BCUT2D eigenvalue weighted by Crippen LogP contribution is 2.32. The number of carboxylic acids is 1. The van der Waals surface area contributed by atoms with Crippen LogP contribution in [0, 0.1) is 0 Å². The van der Waals surface area contributed by atoms with Crippen molar-refractivity contribution in [2.24, 2.45) is 0 Å². The fraction of sp³-hybridized carbons (Fsp3) is 0.400. The third-order valence-electron chi connectivity index (χ3n) is 3.05. The van der Waals surface area contributed by atoms with Gasteiger partial charge in [-0.05, 0) is 19.4 Å². The lowest BCUT2D eigenvalue weighted by molar-refractivity contribution is -0.141. The predicted octanol–water partition coefficient (Wildman–Crippen LogP) is 3.09. The van der Waals surface area contributed by atoms with Crippen molar-refractivity contribution in [3.8, 4) is 0 Å². The number of aliphatic carboxylic acids is 1. The molecule has 0 fully saturated rings. The number of carbonyl (C=O) groups excluding carboxylic acids is 1. The second kappa shape index (κ2) is 9.26. The monoisotopic (exact) mass is 379 g/mol. The Labute approximate surface area is 147 Å². The highest BCUT2D eigenvalue weighted by Gasteiger charge is 2.31. The molecule has 0 aliphatic heterocycles. The minimum absolute atomic E-state index is 0.00571. The van der Waals surface area contributed by atoms with Crippen LogP contribution in [0.5, 0.6) is 0 Å². The van der Waals surface area contributed by atoms with Gasteiger partial charge < -0.3 is 15.7 Å². The molecule has 1 rings (SSSR count). The van der Waals surface area contributed by atoms with E-state index >= 15 is 0 Å². The zero-order chi connectivity index (χ0) is 19.0. The Morgan fingerprint density at radius 2 is 2.12 bits per heavy atom. The maximum absolute atomic E-state index is 12.5. The number of hydrogen-bond acceptors (Lipinski definition) is 4. The van der Waals surface area contributed by atoms with Crippen LogP contribution in [0.1, 0.15) is 25.3 Å². The molecule has 1 atom stereocenters. The minimum atomic E-state index is -4.55. The molecule has 138 valence electrons. The van der Waals surface area contributed by atoms with Crippen molar-refractivity contribution in [3.63, 3.8) is 0 Å². The summed E-state index contributed by atoms with van der Waals surface area (Å²) >= 11 is 5.72. The van der Waals surface area contributed by atoms with Crippen molar-refractivity contribution in [1.29, 1.82) is 0 Å². The fourth-order valence-electron chi connectivity index (χ4n) is 1.78. The van der Waals surface area contributed by atoms with Gasteiger partial charge in [0.15, 0.2) is 0 Å². The second-order valence-electron chi connectivity index (χ2n) is 4.99. The van der Waals surface area contributed by atoms with Crippen LogP contribution in [-0.4, -0.2) is 34.6 Å². The smallest absolute Gasteiger partial charge is 0.417 e. The van der Waals surface area contributed by atoms with Gasteiger partial charge in [-0.15, -0.1) is 0 Å². The molecule has 0 saturated heterocycles. The lowest BCUT2D eigenvalue weighted by atomic mass is 10.2. The quantitative estimate of drug-likeness (QED) is 0.604. The minimum Gasteiger partial charge on any atom is -0.480 e. The first-order valence-electron chi connectivity index (χ1n) is 7.25. The fourth-order valence-corrected chi connectivity index (χ4v) is 2.01. The van der Waals surface area contributed by atoms with Crippen molar-refractivity contribution < 1.29 is 27.9 Å². The maximum atomic E-state index is 12.5. The van der Waals surface area contributed by atoms with Gasteiger partial charge in [-0.3, -0.25) is 4.79 Å². The van der Waals surface area contributed by atoms with Gasteiger partial charge in [0.05, 0.1) is 10.6 Å². The second-order valence-corrected chi connectivity index (χ2v) is 5.40. The van der Waals surface area contributed by atoms with E-state index in [0.717, 1.165) is 6.07 Å². The molecule has 3 N–H and O–H groups in total. The Bertz CT molecular complexity index is 651. The molecule has 0 bridgehead atoms. The molecule has 0 spiro atoms. The molecule has 1 heterocycles. The van der Waals surface area contributed by atoms with Crippen LogP contribution in [0.25, 0.3) is 0 Å². The number of aromatic nitrogens is 1. The first-order valence-corrected chi connectivity index (χ1v) is 7.63. The third-order valence-corrected chi connectivity index (χ3v) is 3.34. The average molecular weight is 380 g/mol. The Balaban J connectivity index is 2.54. The summed E-state index contributed by atoms with van der Waals surface area (Å²) in [6, 6.07) is -0.314. The number of hydrogen-bond donors (Lipinski definition) is 3. The molecule has 1 aromatic heterocycles. The molecule has 0 radical (unpaired) electrons. The standard InChI is InChI=1S/C15H17ClF3N3O3/c1-2-3-4-11(14(24)25)22-12(23)5-6-20-13-10(16)7-9(8-21-13)15(17,18)19/h2-3,7-8,11H,4-6H2,1H3,(H,20,21)(H,22,23)(H,24,25)/b3-2+. The van der Waals surface area contributed by atoms with Gasteiger partial charge in [-0.25, -0.2) is 9.78 Å². The summed E-state index contributed by atoms with van der Waals surface area (Å²) in [7, 11) is 0. The lowest BCUT2D eigenvalue weighted by Crippen LogP contribution is -2.40. The topological polar surface area (TPSA) is 91.3 Å². The van der Waals surface area contributed by atoms with Crippen molar-refractivity contribution in [3.05, 3.63) is 35.0 Å². The number of allylic oxidation sites excluding steroid dienone is 1. The molecule has 0 aromatic carbocycles. The molecule has 0 aliphatic carbocycles. The molecule has 25 heavy (non-hydrogen) atoms. The highest BCUT2D eigenvalue weighted by atomic mass is 35.5. The van der Waals surface area contributed by atoms with Crippen LogP contribution in [0.4, 0.5) is 19.0 Å². The number of nitrogens with one attached hydrogen (secondary N) is 2. The van der Waals surface area contributed by atoms with Crippen molar-refractivity contribution in [2.45, 2.75) is 32.0 Å². The van der Waals surface area contributed by atoms with E-state index in [2.05, 4.69) is 15.6 Å².